The van der Waals surface area contributed by atoms with Crippen LogP contribution >= 0.6 is 0 Å². The number of piperazine rings is 1. The summed E-state index contributed by atoms with van der Waals surface area (Å²) < 4.78 is 18.5. The molecule has 0 bridgehead atoms. The maximum atomic E-state index is 13.2. The molecule has 2 heterocycles. The first-order valence-electron chi connectivity index (χ1n) is 10.0. The zero-order valence-electron chi connectivity index (χ0n) is 16.8. The van der Waals surface area contributed by atoms with Crippen LogP contribution < -0.4 is 10.2 Å². The fraction of sp³-hybridized carbons (Fsp3) is 0.167. The molecular weight excluding hydrogens is 397 g/mol. The first kappa shape index (κ1) is 20.4. The van der Waals surface area contributed by atoms with Crippen molar-refractivity contribution in [3.05, 3.63) is 95.8 Å². The number of nitrogens with zero attached hydrogens (tertiary/aromatic N) is 2. The molecule has 2 amide bonds. The summed E-state index contributed by atoms with van der Waals surface area (Å²) in [7, 11) is 0. The second-order valence-corrected chi connectivity index (χ2v) is 7.15. The topological polar surface area (TPSA) is 65.8 Å². The van der Waals surface area contributed by atoms with Crippen molar-refractivity contribution in [1.82, 2.24) is 10.2 Å². The van der Waals surface area contributed by atoms with Crippen molar-refractivity contribution in [3.8, 4) is 0 Å². The maximum Gasteiger partial charge on any atom is 0.270 e. The number of rotatable bonds is 5. The number of anilines is 1. The average molecular weight is 419 g/mol. The van der Waals surface area contributed by atoms with Crippen molar-refractivity contribution in [2.75, 3.05) is 31.1 Å². The second-order valence-electron chi connectivity index (χ2n) is 7.15. The predicted octanol–water partition coefficient (Wildman–Crippen LogP) is 3.54. The van der Waals surface area contributed by atoms with Crippen molar-refractivity contribution in [3.63, 3.8) is 0 Å². The molecule has 4 rings (SSSR count). The molecule has 0 saturated carbocycles. The molecule has 0 radical (unpaired) electrons. The number of halogens is 1. The highest BCUT2D eigenvalue weighted by atomic mass is 19.1. The largest absolute Gasteiger partial charge is 0.465 e. The summed E-state index contributed by atoms with van der Waals surface area (Å²) >= 11 is 0. The van der Waals surface area contributed by atoms with Gasteiger partial charge in [0, 0.05) is 43.5 Å². The first-order chi connectivity index (χ1) is 15.1. The standard InChI is InChI=1S/C24H22FN3O3/c25-19-8-10-20(11-9-19)27-12-14-28(15-13-27)24(30)22(17-21-7-4-16-31-21)26-23(29)18-5-2-1-3-6-18/h1-11,16-17H,12-15H2,(H,26,29)/b22-17-. The van der Waals surface area contributed by atoms with Gasteiger partial charge in [-0.3, -0.25) is 9.59 Å². The minimum Gasteiger partial charge on any atom is -0.465 e. The van der Waals surface area contributed by atoms with Crippen LogP contribution in [0, 0.1) is 5.82 Å². The highest BCUT2D eigenvalue weighted by Crippen LogP contribution is 2.18. The van der Waals surface area contributed by atoms with Crippen molar-refractivity contribution in [2.45, 2.75) is 0 Å². The Morgan fingerprint density at radius 2 is 1.61 bits per heavy atom. The summed E-state index contributed by atoms with van der Waals surface area (Å²) in [6, 6.07) is 18.5. The molecule has 0 unspecified atom stereocenters. The Bertz CT molecular complexity index is 1060. The highest BCUT2D eigenvalue weighted by Gasteiger charge is 2.25. The molecule has 1 aromatic heterocycles. The van der Waals surface area contributed by atoms with Crippen molar-refractivity contribution in [1.29, 1.82) is 0 Å². The average Bonchev–Trinajstić information content (AvgIpc) is 3.32. The van der Waals surface area contributed by atoms with Gasteiger partial charge in [0.05, 0.1) is 6.26 Å². The molecule has 158 valence electrons. The number of hydrogen-bond acceptors (Lipinski definition) is 4. The van der Waals surface area contributed by atoms with E-state index in [1.165, 1.54) is 24.5 Å². The van der Waals surface area contributed by atoms with Gasteiger partial charge in [-0.2, -0.15) is 0 Å². The molecule has 1 fully saturated rings. The Morgan fingerprint density at radius 3 is 2.26 bits per heavy atom. The summed E-state index contributed by atoms with van der Waals surface area (Å²) in [5, 5.41) is 2.73. The lowest BCUT2D eigenvalue weighted by Gasteiger charge is -2.36. The summed E-state index contributed by atoms with van der Waals surface area (Å²) in [6.45, 7) is 2.18. The zero-order valence-corrected chi connectivity index (χ0v) is 16.8. The smallest absolute Gasteiger partial charge is 0.270 e. The van der Waals surface area contributed by atoms with Crippen LogP contribution in [-0.4, -0.2) is 42.9 Å². The van der Waals surface area contributed by atoms with E-state index < -0.39 is 0 Å². The van der Waals surface area contributed by atoms with Crippen molar-refractivity contribution < 1.29 is 18.4 Å². The number of nitrogens with one attached hydrogen (secondary N) is 1. The van der Waals surface area contributed by atoms with Gasteiger partial charge >= 0.3 is 0 Å². The van der Waals surface area contributed by atoms with E-state index in [9.17, 15) is 14.0 Å². The van der Waals surface area contributed by atoms with Crippen LogP contribution in [-0.2, 0) is 4.79 Å². The number of carbonyl (C=O) groups excluding carboxylic acids is 2. The van der Waals surface area contributed by atoms with Crippen LogP contribution in [0.4, 0.5) is 10.1 Å². The molecule has 0 spiro atoms. The third-order valence-corrected chi connectivity index (χ3v) is 5.10. The lowest BCUT2D eigenvalue weighted by molar-refractivity contribution is -0.127. The van der Waals surface area contributed by atoms with Gasteiger partial charge in [-0.05, 0) is 48.5 Å². The van der Waals surface area contributed by atoms with E-state index in [-0.39, 0.29) is 23.3 Å². The molecule has 7 heteroatoms. The Hall–Kier alpha value is -3.87. The number of hydrogen-bond donors (Lipinski definition) is 1. The molecule has 6 nitrogen and oxygen atoms in total. The first-order valence-corrected chi connectivity index (χ1v) is 10.0. The molecule has 1 N–H and O–H groups in total. The number of amides is 2. The Kier molecular flexibility index (Phi) is 6.12. The molecule has 0 aliphatic carbocycles. The molecular formula is C24H22FN3O3. The van der Waals surface area contributed by atoms with E-state index in [1.807, 2.05) is 6.07 Å². The van der Waals surface area contributed by atoms with Gasteiger partial charge < -0.3 is 19.5 Å². The molecule has 2 aromatic carbocycles. The fourth-order valence-corrected chi connectivity index (χ4v) is 3.44. The minimum absolute atomic E-state index is 0.152. The van der Waals surface area contributed by atoms with Crippen LogP contribution in [0.25, 0.3) is 6.08 Å². The lowest BCUT2D eigenvalue weighted by atomic mass is 10.2. The van der Waals surface area contributed by atoms with Crippen molar-refractivity contribution in [2.24, 2.45) is 0 Å². The van der Waals surface area contributed by atoms with Crippen LogP contribution in [0.3, 0.4) is 0 Å². The Morgan fingerprint density at radius 1 is 0.903 bits per heavy atom. The summed E-state index contributed by atoms with van der Waals surface area (Å²) in [4.78, 5) is 29.6. The van der Waals surface area contributed by atoms with Crippen LogP contribution in [0.1, 0.15) is 16.1 Å². The summed E-state index contributed by atoms with van der Waals surface area (Å²) in [5.74, 6) is -0.447. The third-order valence-electron chi connectivity index (χ3n) is 5.10. The SMILES string of the molecule is O=C(N/C(=C\c1ccco1)C(=O)N1CCN(c2ccc(F)cc2)CC1)c1ccccc1. The fourth-order valence-electron chi connectivity index (χ4n) is 3.44. The van der Waals surface area contributed by atoms with Gasteiger partial charge in [-0.25, -0.2) is 4.39 Å². The normalized spacial score (nSPS) is 14.4. The van der Waals surface area contributed by atoms with Crippen molar-refractivity contribution >= 4 is 23.6 Å². The lowest BCUT2D eigenvalue weighted by Crippen LogP contribution is -2.50. The summed E-state index contributed by atoms with van der Waals surface area (Å²) in [5.41, 5.74) is 1.53. The van der Waals surface area contributed by atoms with Gasteiger partial charge in [0.15, 0.2) is 0 Å². The van der Waals surface area contributed by atoms with Gasteiger partial charge in [-0.15, -0.1) is 0 Å². The Labute approximate surface area is 179 Å². The molecule has 1 saturated heterocycles. The molecule has 1 aliphatic rings. The molecule has 3 aromatic rings. The number of benzene rings is 2. The van der Waals surface area contributed by atoms with Crippen LogP contribution in [0.15, 0.2) is 83.1 Å². The van der Waals surface area contributed by atoms with Gasteiger partial charge in [0.1, 0.15) is 17.3 Å². The highest BCUT2D eigenvalue weighted by molar-refractivity contribution is 6.05. The van der Waals surface area contributed by atoms with E-state index in [0.717, 1.165) is 5.69 Å². The van der Waals surface area contributed by atoms with E-state index in [1.54, 1.807) is 53.4 Å². The van der Waals surface area contributed by atoms with E-state index >= 15 is 0 Å². The van der Waals surface area contributed by atoms with Crippen LogP contribution in [0.5, 0.6) is 0 Å². The minimum atomic E-state index is -0.364. The third kappa shape index (κ3) is 5.01. The van der Waals surface area contributed by atoms with E-state index in [0.29, 0.717) is 37.5 Å². The van der Waals surface area contributed by atoms with Gasteiger partial charge in [0.25, 0.3) is 11.8 Å². The Balaban J connectivity index is 1.47. The van der Waals surface area contributed by atoms with Gasteiger partial charge in [-0.1, -0.05) is 18.2 Å². The quantitative estimate of drug-likeness (QED) is 0.643. The molecule has 31 heavy (non-hydrogen) atoms. The predicted molar refractivity (Wildman–Crippen MR) is 116 cm³/mol. The van der Waals surface area contributed by atoms with Crippen LogP contribution in [0.2, 0.25) is 0 Å². The summed E-state index contributed by atoms with van der Waals surface area (Å²) in [6.07, 6.45) is 3.05. The monoisotopic (exact) mass is 419 g/mol. The zero-order chi connectivity index (χ0) is 21.6. The van der Waals surface area contributed by atoms with Gasteiger partial charge in [0.2, 0.25) is 0 Å². The number of carbonyl (C=O) groups is 2. The maximum absolute atomic E-state index is 13.2. The van der Waals surface area contributed by atoms with E-state index in [4.69, 9.17) is 4.42 Å². The molecule has 0 atom stereocenters. The molecule has 1 aliphatic heterocycles. The second kappa shape index (κ2) is 9.30. The van der Waals surface area contributed by atoms with E-state index in [2.05, 4.69) is 10.2 Å². The number of furan rings is 1.